The summed E-state index contributed by atoms with van der Waals surface area (Å²) in [6.07, 6.45) is 0. The molecule has 0 spiro atoms. The third-order valence-corrected chi connectivity index (χ3v) is 3.39. The lowest BCUT2D eigenvalue weighted by Crippen LogP contribution is -2.02. The molecule has 0 aliphatic heterocycles. The number of rotatable bonds is 2. The van der Waals surface area contributed by atoms with Crippen LogP contribution in [0.4, 0.5) is 10.3 Å². The predicted octanol–water partition coefficient (Wildman–Crippen LogP) is 4.23. The highest BCUT2D eigenvalue weighted by molar-refractivity contribution is 6.35. The minimum absolute atomic E-state index is 0.0243. The normalized spacial score (nSPS) is 10.7. The molecule has 1 aromatic heterocycles. The van der Waals surface area contributed by atoms with Gasteiger partial charge in [-0.15, -0.1) is 10.2 Å². The van der Waals surface area contributed by atoms with Crippen molar-refractivity contribution in [3.8, 4) is 22.5 Å². The van der Waals surface area contributed by atoms with Crippen LogP contribution in [0.5, 0.6) is 0 Å². The topological polar surface area (TPSA) is 64.7 Å². The van der Waals surface area contributed by atoms with E-state index in [4.69, 9.17) is 28.9 Å². The van der Waals surface area contributed by atoms with E-state index in [0.717, 1.165) is 0 Å². The van der Waals surface area contributed by atoms with Gasteiger partial charge in [0.15, 0.2) is 0 Å². The summed E-state index contributed by atoms with van der Waals surface area (Å²) in [6.45, 7) is 0. The van der Waals surface area contributed by atoms with E-state index in [1.54, 1.807) is 30.3 Å². The van der Waals surface area contributed by atoms with Crippen molar-refractivity contribution in [3.05, 3.63) is 58.3 Å². The SMILES string of the molecule is Nc1nnc(-c2cc(Cl)cc(Cl)c2)c(-c2ccc(F)cc2)n1. The van der Waals surface area contributed by atoms with Crippen LogP contribution in [-0.4, -0.2) is 15.2 Å². The Bertz CT molecular complexity index is 817. The van der Waals surface area contributed by atoms with Gasteiger partial charge in [-0.2, -0.15) is 0 Å². The van der Waals surface area contributed by atoms with Gasteiger partial charge in [0, 0.05) is 21.2 Å². The van der Waals surface area contributed by atoms with Crippen molar-refractivity contribution in [2.75, 3.05) is 5.73 Å². The van der Waals surface area contributed by atoms with Crippen molar-refractivity contribution in [2.24, 2.45) is 0 Å². The first-order chi connectivity index (χ1) is 10.5. The number of anilines is 1. The average Bonchev–Trinajstić information content (AvgIpc) is 2.47. The monoisotopic (exact) mass is 334 g/mol. The number of hydrogen-bond acceptors (Lipinski definition) is 4. The largest absolute Gasteiger partial charge is 0.366 e. The van der Waals surface area contributed by atoms with Gasteiger partial charge in [0.2, 0.25) is 5.95 Å². The van der Waals surface area contributed by atoms with Gasteiger partial charge in [0.25, 0.3) is 0 Å². The molecule has 0 atom stereocenters. The van der Waals surface area contributed by atoms with E-state index >= 15 is 0 Å². The third-order valence-electron chi connectivity index (χ3n) is 2.96. The molecule has 22 heavy (non-hydrogen) atoms. The highest BCUT2D eigenvalue weighted by Crippen LogP contribution is 2.32. The lowest BCUT2D eigenvalue weighted by molar-refractivity contribution is 0.628. The molecule has 0 unspecified atom stereocenters. The molecular weight excluding hydrogens is 326 g/mol. The van der Waals surface area contributed by atoms with Gasteiger partial charge in [-0.3, -0.25) is 0 Å². The van der Waals surface area contributed by atoms with Gasteiger partial charge in [0.1, 0.15) is 17.2 Å². The lowest BCUT2D eigenvalue weighted by atomic mass is 10.0. The second kappa shape index (κ2) is 5.87. The maximum absolute atomic E-state index is 13.1. The summed E-state index contributed by atoms with van der Waals surface area (Å²) in [7, 11) is 0. The van der Waals surface area contributed by atoms with Crippen molar-refractivity contribution in [1.82, 2.24) is 15.2 Å². The molecule has 4 nitrogen and oxygen atoms in total. The Labute approximate surface area is 135 Å². The Kier molecular flexibility index (Phi) is 3.92. The third kappa shape index (κ3) is 3.00. The van der Waals surface area contributed by atoms with Gasteiger partial charge in [-0.05, 0) is 42.5 Å². The molecule has 0 radical (unpaired) electrons. The minimum atomic E-state index is -0.342. The molecule has 0 bridgehead atoms. The van der Waals surface area contributed by atoms with Gasteiger partial charge in [0.05, 0.1) is 0 Å². The van der Waals surface area contributed by atoms with E-state index in [0.29, 0.717) is 32.6 Å². The second-order valence-corrected chi connectivity index (χ2v) is 5.41. The Morgan fingerprint density at radius 2 is 1.45 bits per heavy atom. The van der Waals surface area contributed by atoms with Crippen LogP contribution in [0.25, 0.3) is 22.5 Å². The van der Waals surface area contributed by atoms with Crippen LogP contribution in [0, 0.1) is 5.82 Å². The van der Waals surface area contributed by atoms with E-state index in [9.17, 15) is 4.39 Å². The maximum Gasteiger partial charge on any atom is 0.240 e. The van der Waals surface area contributed by atoms with E-state index in [1.165, 1.54) is 12.1 Å². The molecule has 2 N–H and O–H groups in total. The van der Waals surface area contributed by atoms with Crippen LogP contribution in [0.3, 0.4) is 0 Å². The van der Waals surface area contributed by atoms with Crippen LogP contribution in [-0.2, 0) is 0 Å². The quantitative estimate of drug-likeness (QED) is 0.761. The van der Waals surface area contributed by atoms with Crippen molar-refractivity contribution in [3.63, 3.8) is 0 Å². The summed E-state index contributed by atoms with van der Waals surface area (Å²) in [5, 5.41) is 8.78. The van der Waals surface area contributed by atoms with Crippen molar-refractivity contribution in [2.45, 2.75) is 0 Å². The Hall–Kier alpha value is -2.24. The van der Waals surface area contributed by atoms with Gasteiger partial charge >= 0.3 is 0 Å². The van der Waals surface area contributed by atoms with E-state index < -0.39 is 0 Å². The molecule has 3 aromatic rings. The number of nitrogens with zero attached hydrogens (tertiary/aromatic N) is 3. The summed E-state index contributed by atoms with van der Waals surface area (Å²) in [5.74, 6) is -0.317. The zero-order valence-electron chi connectivity index (χ0n) is 11.1. The first-order valence-corrected chi connectivity index (χ1v) is 7.01. The molecule has 0 fully saturated rings. The molecule has 110 valence electrons. The molecular formula is C15H9Cl2FN4. The molecule has 0 aliphatic rings. The number of nitrogens with two attached hydrogens (primary N) is 1. The molecule has 0 saturated carbocycles. The zero-order chi connectivity index (χ0) is 15.7. The number of nitrogen functional groups attached to an aromatic ring is 1. The zero-order valence-corrected chi connectivity index (χ0v) is 12.6. The summed E-state index contributed by atoms with van der Waals surface area (Å²) in [4.78, 5) is 4.20. The fraction of sp³-hybridized carbons (Fsp3) is 0. The van der Waals surface area contributed by atoms with Crippen molar-refractivity contribution < 1.29 is 4.39 Å². The Morgan fingerprint density at radius 3 is 2.09 bits per heavy atom. The van der Waals surface area contributed by atoms with Crippen LogP contribution >= 0.6 is 23.2 Å². The lowest BCUT2D eigenvalue weighted by Gasteiger charge is -2.09. The minimum Gasteiger partial charge on any atom is -0.366 e. The van der Waals surface area contributed by atoms with Crippen molar-refractivity contribution in [1.29, 1.82) is 0 Å². The smallest absolute Gasteiger partial charge is 0.240 e. The molecule has 0 amide bonds. The number of halogens is 3. The molecule has 1 heterocycles. The average molecular weight is 335 g/mol. The van der Waals surface area contributed by atoms with Gasteiger partial charge in [-0.25, -0.2) is 9.37 Å². The molecule has 7 heteroatoms. The summed E-state index contributed by atoms with van der Waals surface area (Å²) >= 11 is 12.0. The predicted molar refractivity (Wildman–Crippen MR) is 85.1 cm³/mol. The van der Waals surface area contributed by atoms with E-state index in [-0.39, 0.29) is 11.8 Å². The Balaban J connectivity index is 2.22. The van der Waals surface area contributed by atoms with Gasteiger partial charge < -0.3 is 5.73 Å². The van der Waals surface area contributed by atoms with Crippen LogP contribution < -0.4 is 5.73 Å². The first-order valence-electron chi connectivity index (χ1n) is 6.25. The van der Waals surface area contributed by atoms with Gasteiger partial charge in [-0.1, -0.05) is 23.2 Å². The summed E-state index contributed by atoms with van der Waals surface area (Å²) in [6, 6.07) is 10.9. The fourth-order valence-electron chi connectivity index (χ4n) is 2.03. The van der Waals surface area contributed by atoms with E-state index in [1.807, 2.05) is 0 Å². The molecule has 3 rings (SSSR count). The Morgan fingerprint density at radius 1 is 0.818 bits per heavy atom. The van der Waals surface area contributed by atoms with Crippen molar-refractivity contribution >= 4 is 29.2 Å². The maximum atomic E-state index is 13.1. The summed E-state index contributed by atoms with van der Waals surface area (Å²) in [5.41, 5.74) is 7.87. The highest BCUT2D eigenvalue weighted by Gasteiger charge is 2.14. The number of benzene rings is 2. The van der Waals surface area contributed by atoms with Crippen LogP contribution in [0.15, 0.2) is 42.5 Å². The number of hydrogen-bond donors (Lipinski definition) is 1. The first kappa shape index (κ1) is 14.7. The van der Waals surface area contributed by atoms with Crippen LogP contribution in [0.2, 0.25) is 10.0 Å². The molecule has 0 aliphatic carbocycles. The molecule has 0 saturated heterocycles. The summed E-state index contributed by atoms with van der Waals surface area (Å²) < 4.78 is 13.1. The highest BCUT2D eigenvalue weighted by atomic mass is 35.5. The molecule has 2 aromatic carbocycles. The number of aromatic nitrogens is 3. The second-order valence-electron chi connectivity index (χ2n) is 4.53. The standard InChI is InChI=1S/C15H9Cl2FN4/c16-10-5-9(6-11(17)7-10)14-13(20-15(19)22-21-14)8-1-3-12(18)4-2-8/h1-7H,(H2,19,20,22). The van der Waals surface area contributed by atoms with Crippen LogP contribution in [0.1, 0.15) is 0 Å². The fourth-order valence-corrected chi connectivity index (χ4v) is 2.56. The van der Waals surface area contributed by atoms with E-state index in [2.05, 4.69) is 15.2 Å².